The molecule has 10 heteroatoms. The minimum atomic E-state index is -0.769. The van der Waals surface area contributed by atoms with Gasteiger partial charge in [-0.25, -0.2) is 9.59 Å². The van der Waals surface area contributed by atoms with E-state index >= 15 is 0 Å². The van der Waals surface area contributed by atoms with Crippen LogP contribution in [0.5, 0.6) is 5.75 Å². The van der Waals surface area contributed by atoms with Crippen molar-refractivity contribution >= 4 is 29.3 Å². The average molecular weight is 568 g/mol. The molecular weight excluding hydrogens is 529 g/mol. The summed E-state index contributed by atoms with van der Waals surface area (Å²) in [5.74, 6) is -0.818. The second-order valence-electron chi connectivity index (χ2n) is 10.5. The van der Waals surface area contributed by atoms with Gasteiger partial charge in [-0.2, -0.15) is 0 Å². The largest absolute Gasteiger partial charge is 1.00 e. The number of aryl methyl sites for hydroxylation is 3. The van der Waals surface area contributed by atoms with Crippen molar-refractivity contribution < 1.29 is 48.6 Å². The van der Waals surface area contributed by atoms with Gasteiger partial charge in [0.2, 0.25) is 0 Å². The smallest absolute Gasteiger partial charge is 0.870 e. The molecule has 3 aromatic carbocycles. The van der Waals surface area contributed by atoms with Crippen LogP contribution in [0.3, 0.4) is 0 Å². The molecule has 218 valence electrons. The molecule has 0 radical (unpaired) electrons. The summed E-state index contributed by atoms with van der Waals surface area (Å²) in [6.07, 6.45) is 4.78. The Balaban J connectivity index is 0.00000308. The maximum absolute atomic E-state index is 13.6. The predicted octanol–water partition coefficient (Wildman–Crippen LogP) is 3.31. The molecular formula is C32H38LiN3O6. The van der Waals surface area contributed by atoms with Crippen molar-refractivity contribution in [3.8, 4) is 16.9 Å². The molecule has 42 heavy (non-hydrogen) atoms. The van der Waals surface area contributed by atoms with Crippen molar-refractivity contribution in [2.45, 2.75) is 58.9 Å². The van der Waals surface area contributed by atoms with Crippen molar-refractivity contribution in [3.05, 3.63) is 76.9 Å². The number of esters is 1. The average Bonchev–Trinajstić information content (AvgIpc) is 2.94. The van der Waals surface area contributed by atoms with Crippen LogP contribution in [0, 0.1) is 26.7 Å². The molecule has 3 aromatic rings. The molecule has 1 saturated carbocycles. The van der Waals surface area contributed by atoms with Crippen LogP contribution in [0.25, 0.3) is 11.1 Å². The minimum Gasteiger partial charge on any atom is -0.870 e. The Bertz CT molecular complexity index is 1380. The Morgan fingerprint density at radius 3 is 2.05 bits per heavy atom. The molecule has 0 aliphatic heterocycles. The topological polar surface area (TPSA) is 147 Å². The molecule has 0 aromatic heterocycles. The Morgan fingerprint density at radius 2 is 1.45 bits per heavy atom. The first-order valence-corrected chi connectivity index (χ1v) is 13.6. The zero-order chi connectivity index (χ0) is 28.8. The molecule has 3 amide bonds. The van der Waals surface area contributed by atoms with Crippen molar-refractivity contribution in [3.63, 3.8) is 0 Å². The van der Waals surface area contributed by atoms with Crippen LogP contribution >= 0.6 is 0 Å². The Kier molecular flexibility index (Phi) is 12.7. The summed E-state index contributed by atoms with van der Waals surface area (Å²) >= 11 is 0. The van der Waals surface area contributed by atoms with Crippen molar-refractivity contribution in [2.75, 3.05) is 17.7 Å². The van der Waals surface area contributed by atoms with E-state index in [0.29, 0.717) is 5.69 Å². The van der Waals surface area contributed by atoms with Crippen molar-refractivity contribution in [1.82, 2.24) is 5.32 Å². The van der Waals surface area contributed by atoms with Gasteiger partial charge >= 0.3 is 30.9 Å². The third kappa shape index (κ3) is 8.38. The SMILES string of the molecule is COC(=O)[C@@H](NC(=O)c1ccc(-c2ccc(O)cc2)cc1NC(=O)Nc1c(C)cc(C)cc1C)C1CCCCC1.[Li+].[OH-]. The molecule has 5 N–H and O–H groups in total. The number of aromatic hydroxyl groups is 1. The molecule has 1 aliphatic carbocycles. The fourth-order valence-corrected chi connectivity index (χ4v) is 5.51. The van der Waals surface area contributed by atoms with Gasteiger partial charge in [0.15, 0.2) is 0 Å². The number of hydrogen-bond acceptors (Lipinski definition) is 6. The summed E-state index contributed by atoms with van der Waals surface area (Å²) in [6.45, 7) is 5.86. The molecule has 9 nitrogen and oxygen atoms in total. The molecule has 1 fully saturated rings. The van der Waals surface area contributed by atoms with Gasteiger partial charge in [-0.05, 0) is 86.1 Å². The van der Waals surface area contributed by atoms with E-state index < -0.39 is 23.9 Å². The number of carbonyl (C=O) groups is 3. The number of rotatable bonds is 7. The maximum atomic E-state index is 13.6. The van der Waals surface area contributed by atoms with Gasteiger partial charge < -0.3 is 31.3 Å². The summed E-state index contributed by atoms with van der Waals surface area (Å²) in [6, 6.07) is 14.5. The first-order valence-electron chi connectivity index (χ1n) is 13.6. The number of benzene rings is 3. The van der Waals surface area contributed by atoms with Crippen LogP contribution in [0.1, 0.15) is 59.2 Å². The van der Waals surface area contributed by atoms with Crippen LogP contribution in [0.2, 0.25) is 0 Å². The van der Waals surface area contributed by atoms with Crippen molar-refractivity contribution in [2.24, 2.45) is 5.92 Å². The van der Waals surface area contributed by atoms with E-state index in [4.69, 9.17) is 4.74 Å². The van der Waals surface area contributed by atoms with E-state index in [1.165, 1.54) is 7.11 Å². The van der Waals surface area contributed by atoms with E-state index in [1.807, 2.05) is 32.9 Å². The molecule has 0 saturated heterocycles. The first-order chi connectivity index (χ1) is 19.2. The number of phenolic OH excluding ortho intramolecular Hbond substituents is 1. The van der Waals surface area contributed by atoms with Gasteiger partial charge in [-0.1, -0.05) is 55.2 Å². The normalized spacial score (nSPS) is 13.5. The number of urea groups is 1. The summed E-state index contributed by atoms with van der Waals surface area (Å²) in [5.41, 5.74) is 5.70. The van der Waals surface area contributed by atoms with Gasteiger partial charge in [0.25, 0.3) is 5.91 Å². The van der Waals surface area contributed by atoms with Gasteiger partial charge in [0, 0.05) is 5.69 Å². The molecule has 0 heterocycles. The van der Waals surface area contributed by atoms with E-state index in [1.54, 1.807) is 42.5 Å². The third-order valence-corrected chi connectivity index (χ3v) is 7.49. The zero-order valence-electron chi connectivity index (χ0n) is 24.9. The standard InChI is InChI=1S/C32H37N3O5.Li.H2O/c1-19-16-20(2)28(21(3)17-19)35-32(39)33-27-18-24(22-10-13-25(36)14-11-22)12-15-26(27)30(37)34-29(31(38)40-4)23-8-6-5-7-9-23;;/h10-18,23,29,36H,5-9H2,1-4H3,(H,34,37)(H2,33,35,39);;1H2/q;+1;/p-1/t29-;;/m0../s1. The molecule has 1 atom stereocenters. The fourth-order valence-electron chi connectivity index (χ4n) is 5.51. The number of carbonyl (C=O) groups excluding carboxylic acids is 3. The monoisotopic (exact) mass is 567 g/mol. The number of phenols is 1. The summed E-state index contributed by atoms with van der Waals surface area (Å²) in [7, 11) is 1.32. The van der Waals surface area contributed by atoms with Crippen LogP contribution in [0.4, 0.5) is 16.2 Å². The summed E-state index contributed by atoms with van der Waals surface area (Å²) < 4.78 is 5.03. The van der Waals surface area contributed by atoms with Crippen LogP contribution in [-0.4, -0.2) is 41.6 Å². The number of hydrogen-bond donors (Lipinski definition) is 4. The van der Waals surface area contributed by atoms with Gasteiger partial charge in [0.05, 0.1) is 18.4 Å². The number of anilines is 2. The number of methoxy groups -OCH3 is 1. The maximum Gasteiger partial charge on any atom is 1.00 e. The first kappa shape index (κ1) is 34.4. The number of nitrogens with one attached hydrogen (secondary N) is 3. The van der Waals surface area contributed by atoms with E-state index in [-0.39, 0.29) is 47.3 Å². The van der Waals surface area contributed by atoms with Crippen LogP contribution in [-0.2, 0) is 9.53 Å². The number of amides is 3. The number of ether oxygens (including phenoxy) is 1. The second kappa shape index (κ2) is 15.5. The quantitative estimate of drug-likeness (QED) is 0.255. The Labute approximate surface area is 258 Å². The summed E-state index contributed by atoms with van der Waals surface area (Å²) in [4.78, 5) is 39.5. The Morgan fingerprint density at radius 1 is 0.857 bits per heavy atom. The molecule has 0 unspecified atom stereocenters. The van der Waals surface area contributed by atoms with Crippen molar-refractivity contribution in [1.29, 1.82) is 0 Å². The molecule has 0 bridgehead atoms. The van der Waals surface area contributed by atoms with Crippen LogP contribution < -0.4 is 34.8 Å². The van der Waals surface area contributed by atoms with E-state index in [9.17, 15) is 19.5 Å². The second-order valence-corrected chi connectivity index (χ2v) is 10.5. The van der Waals surface area contributed by atoms with Gasteiger partial charge in [0.1, 0.15) is 11.8 Å². The van der Waals surface area contributed by atoms with Gasteiger partial charge in [-0.15, -0.1) is 0 Å². The molecule has 1 aliphatic rings. The predicted molar refractivity (Wildman–Crippen MR) is 159 cm³/mol. The van der Waals surface area contributed by atoms with Crippen LogP contribution in [0.15, 0.2) is 54.6 Å². The molecule has 4 rings (SSSR count). The molecule has 0 spiro atoms. The summed E-state index contributed by atoms with van der Waals surface area (Å²) in [5, 5.41) is 18.4. The third-order valence-electron chi connectivity index (χ3n) is 7.49. The minimum absolute atomic E-state index is 0. The zero-order valence-corrected chi connectivity index (χ0v) is 24.9. The van der Waals surface area contributed by atoms with E-state index in [2.05, 4.69) is 16.0 Å². The van der Waals surface area contributed by atoms with Gasteiger partial charge in [-0.3, -0.25) is 4.79 Å². The Hall–Kier alpha value is -3.77. The fraction of sp³-hybridized carbons (Fsp3) is 0.344. The van der Waals surface area contributed by atoms with E-state index in [0.717, 1.165) is 59.9 Å².